The Kier molecular flexibility index (Phi) is 9.08. The summed E-state index contributed by atoms with van der Waals surface area (Å²) in [5, 5.41) is 0. The van der Waals surface area contributed by atoms with E-state index in [4.69, 9.17) is 18.9 Å². The van der Waals surface area contributed by atoms with Gasteiger partial charge in [-0.25, -0.2) is 4.79 Å². The van der Waals surface area contributed by atoms with Crippen molar-refractivity contribution in [2.24, 2.45) is 0 Å². The number of benzene rings is 1. The van der Waals surface area contributed by atoms with Gasteiger partial charge in [0.25, 0.3) is 5.56 Å². The van der Waals surface area contributed by atoms with Crippen LogP contribution in [0.2, 0.25) is 0 Å². The van der Waals surface area contributed by atoms with E-state index in [0.29, 0.717) is 26.4 Å². The highest BCUT2D eigenvalue weighted by molar-refractivity contribution is 5.71. The van der Waals surface area contributed by atoms with E-state index >= 15 is 0 Å². The number of pyridine rings is 1. The quantitative estimate of drug-likeness (QED) is 0.413. The monoisotopic (exact) mass is 417 g/mol. The van der Waals surface area contributed by atoms with E-state index in [1.807, 2.05) is 37.3 Å². The molecule has 0 atom stereocenters. The number of hydrogen-bond donors (Lipinski definition) is 0. The average molecular weight is 418 g/mol. The Morgan fingerprint density at radius 1 is 0.967 bits per heavy atom. The molecular weight excluding hydrogens is 386 g/mol. The Morgan fingerprint density at radius 3 is 2.30 bits per heavy atom. The van der Waals surface area contributed by atoms with Crippen molar-refractivity contribution in [3.8, 4) is 16.9 Å². The first-order valence-corrected chi connectivity index (χ1v) is 10.1. The molecule has 0 spiro atoms. The van der Waals surface area contributed by atoms with E-state index < -0.39 is 11.6 Å². The van der Waals surface area contributed by atoms with Crippen LogP contribution >= 0.6 is 0 Å². The van der Waals surface area contributed by atoms with Crippen LogP contribution in [0, 0.1) is 0 Å². The normalized spacial score (nSPS) is 11.3. The van der Waals surface area contributed by atoms with Gasteiger partial charge < -0.3 is 23.5 Å². The topological polar surface area (TPSA) is 76.0 Å². The zero-order chi connectivity index (χ0) is 22.0. The van der Waals surface area contributed by atoms with Crippen molar-refractivity contribution in [2.75, 3.05) is 33.0 Å². The molecule has 1 heterocycles. The van der Waals surface area contributed by atoms with E-state index in [9.17, 15) is 9.59 Å². The SMILES string of the molecule is CCOc1ccc(-c2ccn(CCOCCOCC(=O)OC(C)(C)C)c(=O)c2)cc1. The first-order valence-electron chi connectivity index (χ1n) is 10.1. The van der Waals surface area contributed by atoms with Crippen molar-refractivity contribution in [3.05, 3.63) is 52.9 Å². The van der Waals surface area contributed by atoms with Gasteiger partial charge in [0.05, 0.1) is 26.4 Å². The maximum absolute atomic E-state index is 12.3. The Labute approximate surface area is 177 Å². The van der Waals surface area contributed by atoms with Gasteiger partial charge in [-0.05, 0) is 57.0 Å². The summed E-state index contributed by atoms with van der Waals surface area (Å²) in [7, 11) is 0. The minimum absolute atomic E-state index is 0.0915. The third-order valence-electron chi connectivity index (χ3n) is 3.98. The predicted octanol–water partition coefficient (Wildman–Crippen LogP) is 3.29. The lowest BCUT2D eigenvalue weighted by Gasteiger charge is -2.19. The molecule has 0 aliphatic rings. The zero-order valence-electron chi connectivity index (χ0n) is 18.2. The summed E-state index contributed by atoms with van der Waals surface area (Å²) < 4.78 is 22.9. The maximum atomic E-state index is 12.3. The molecule has 7 heteroatoms. The van der Waals surface area contributed by atoms with Gasteiger partial charge in [0.15, 0.2) is 0 Å². The van der Waals surface area contributed by atoms with Gasteiger partial charge in [-0.3, -0.25) is 4.79 Å². The van der Waals surface area contributed by atoms with E-state index in [0.717, 1.165) is 16.9 Å². The van der Waals surface area contributed by atoms with Crippen LogP contribution in [0.15, 0.2) is 47.4 Å². The molecule has 0 N–H and O–H groups in total. The molecule has 0 unspecified atom stereocenters. The third-order valence-corrected chi connectivity index (χ3v) is 3.98. The fourth-order valence-electron chi connectivity index (χ4n) is 2.69. The van der Waals surface area contributed by atoms with Gasteiger partial charge in [0, 0.05) is 18.8 Å². The first-order chi connectivity index (χ1) is 14.3. The molecule has 0 fully saturated rings. The summed E-state index contributed by atoms with van der Waals surface area (Å²) in [5.41, 5.74) is 1.20. The Balaban J connectivity index is 1.71. The molecule has 0 aliphatic carbocycles. The maximum Gasteiger partial charge on any atom is 0.332 e. The number of hydrogen-bond acceptors (Lipinski definition) is 6. The average Bonchev–Trinajstić information content (AvgIpc) is 2.68. The molecular formula is C23H31NO6. The van der Waals surface area contributed by atoms with Crippen LogP contribution in [0.5, 0.6) is 5.75 Å². The number of rotatable bonds is 11. The van der Waals surface area contributed by atoms with Gasteiger partial charge >= 0.3 is 5.97 Å². The molecule has 2 aromatic rings. The number of aromatic nitrogens is 1. The smallest absolute Gasteiger partial charge is 0.332 e. The molecule has 0 radical (unpaired) electrons. The first kappa shape index (κ1) is 23.6. The molecule has 0 bridgehead atoms. The Hall–Kier alpha value is -2.64. The van der Waals surface area contributed by atoms with Crippen LogP contribution in [-0.4, -0.2) is 49.2 Å². The molecule has 7 nitrogen and oxygen atoms in total. The van der Waals surface area contributed by atoms with Crippen molar-refractivity contribution in [1.82, 2.24) is 4.57 Å². The summed E-state index contributed by atoms with van der Waals surface area (Å²) in [6.07, 6.45) is 1.76. The highest BCUT2D eigenvalue weighted by atomic mass is 16.6. The molecule has 1 aromatic carbocycles. The highest BCUT2D eigenvalue weighted by Crippen LogP contribution is 2.21. The van der Waals surface area contributed by atoms with E-state index in [-0.39, 0.29) is 18.8 Å². The lowest BCUT2D eigenvalue weighted by molar-refractivity contribution is -0.160. The second-order valence-corrected chi connectivity index (χ2v) is 7.66. The van der Waals surface area contributed by atoms with Crippen molar-refractivity contribution in [3.63, 3.8) is 0 Å². The van der Waals surface area contributed by atoms with E-state index in [1.165, 1.54) is 0 Å². The molecule has 1 aromatic heterocycles. The van der Waals surface area contributed by atoms with Gasteiger partial charge in [0.1, 0.15) is 18.0 Å². The van der Waals surface area contributed by atoms with Gasteiger partial charge in [-0.1, -0.05) is 12.1 Å². The van der Waals surface area contributed by atoms with Crippen LogP contribution < -0.4 is 10.3 Å². The largest absolute Gasteiger partial charge is 0.494 e. The fourth-order valence-corrected chi connectivity index (χ4v) is 2.69. The molecule has 0 aliphatic heterocycles. The minimum atomic E-state index is -0.521. The van der Waals surface area contributed by atoms with Crippen LogP contribution in [0.4, 0.5) is 0 Å². The molecule has 0 saturated carbocycles. The number of carbonyl (C=O) groups is 1. The number of nitrogens with zero attached hydrogens (tertiary/aromatic N) is 1. The van der Waals surface area contributed by atoms with Gasteiger partial charge in [-0.2, -0.15) is 0 Å². The van der Waals surface area contributed by atoms with Gasteiger partial charge in [0.2, 0.25) is 0 Å². The molecule has 2 rings (SSSR count). The summed E-state index contributed by atoms with van der Waals surface area (Å²) in [4.78, 5) is 23.9. The summed E-state index contributed by atoms with van der Waals surface area (Å²) >= 11 is 0. The molecule has 164 valence electrons. The second-order valence-electron chi connectivity index (χ2n) is 7.66. The highest BCUT2D eigenvalue weighted by Gasteiger charge is 2.15. The fraction of sp³-hybridized carbons (Fsp3) is 0.478. The van der Waals surface area contributed by atoms with Crippen molar-refractivity contribution in [1.29, 1.82) is 0 Å². The Bertz CT molecular complexity index is 851. The van der Waals surface area contributed by atoms with Crippen LogP contribution in [0.1, 0.15) is 27.7 Å². The van der Waals surface area contributed by atoms with E-state index in [1.54, 1.807) is 37.6 Å². The summed E-state index contributed by atoms with van der Waals surface area (Å²) in [5.74, 6) is 0.406. The van der Waals surface area contributed by atoms with Crippen molar-refractivity contribution >= 4 is 5.97 Å². The van der Waals surface area contributed by atoms with Crippen LogP contribution in [0.25, 0.3) is 11.1 Å². The summed E-state index contributed by atoms with van der Waals surface area (Å²) in [6, 6.07) is 11.2. The van der Waals surface area contributed by atoms with E-state index in [2.05, 4.69) is 0 Å². The lowest BCUT2D eigenvalue weighted by Crippen LogP contribution is -2.27. The van der Waals surface area contributed by atoms with Crippen LogP contribution in [0.3, 0.4) is 0 Å². The van der Waals surface area contributed by atoms with Crippen molar-refractivity contribution < 1.29 is 23.7 Å². The van der Waals surface area contributed by atoms with Gasteiger partial charge in [-0.15, -0.1) is 0 Å². The number of carbonyl (C=O) groups excluding carboxylic acids is 1. The summed E-state index contributed by atoms with van der Waals surface area (Å²) in [6.45, 7) is 9.30. The molecule has 30 heavy (non-hydrogen) atoms. The molecule has 0 saturated heterocycles. The second kappa shape index (κ2) is 11.5. The zero-order valence-corrected chi connectivity index (χ0v) is 18.2. The number of ether oxygens (including phenoxy) is 4. The van der Waals surface area contributed by atoms with Crippen LogP contribution in [-0.2, 0) is 25.5 Å². The number of esters is 1. The lowest BCUT2D eigenvalue weighted by atomic mass is 10.1. The predicted molar refractivity (Wildman–Crippen MR) is 115 cm³/mol. The standard InChI is InChI=1S/C23H31NO6/c1-5-29-20-8-6-18(7-9-20)19-10-11-24(21(25)16-19)12-13-27-14-15-28-17-22(26)30-23(2,3)4/h6-11,16H,5,12-15,17H2,1-4H3. The minimum Gasteiger partial charge on any atom is -0.494 e. The Morgan fingerprint density at radius 2 is 1.67 bits per heavy atom. The molecule has 0 amide bonds. The third kappa shape index (κ3) is 8.39. The van der Waals surface area contributed by atoms with Crippen molar-refractivity contribution in [2.45, 2.75) is 39.8 Å².